The third-order valence-electron chi connectivity index (χ3n) is 1.75. The van der Waals surface area contributed by atoms with Gasteiger partial charge in [-0.2, -0.15) is 11.8 Å². The molecule has 14 heavy (non-hydrogen) atoms. The predicted molar refractivity (Wildman–Crippen MR) is 58.7 cm³/mol. The van der Waals surface area contributed by atoms with E-state index >= 15 is 0 Å². The summed E-state index contributed by atoms with van der Waals surface area (Å²) in [6, 6.07) is 1.83. The average Bonchev–Trinajstić information content (AvgIpc) is 2.19. The summed E-state index contributed by atoms with van der Waals surface area (Å²) in [6.45, 7) is 2.54. The summed E-state index contributed by atoms with van der Waals surface area (Å²) in [5.41, 5.74) is 0.810. The Morgan fingerprint density at radius 3 is 3.00 bits per heavy atom. The maximum absolute atomic E-state index is 9.70. The van der Waals surface area contributed by atoms with Crippen molar-refractivity contribution in [3.8, 4) is 5.75 Å². The smallest absolute Gasteiger partial charge is 0.137 e. The fourth-order valence-corrected chi connectivity index (χ4v) is 1.63. The van der Waals surface area contributed by atoms with Crippen molar-refractivity contribution >= 4 is 11.8 Å². The first-order chi connectivity index (χ1) is 6.77. The van der Waals surface area contributed by atoms with Gasteiger partial charge in [-0.1, -0.05) is 0 Å². The number of pyridine rings is 1. The maximum Gasteiger partial charge on any atom is 0.137 e. The molecule has 78 valence electrons. The summed E-state index contributed by atoms with van der Waals surface area (Å²) >= 11 is 1.61. The molecule has 1 N–H and O–H groups in total. The average molecular weight is 213 g/mol. The number of nitrogens with zero attached hydrogens (tertiary/aromatic N) is 1. The lowest BCUT2D eigenvalue weighted by atomic mass is 10.2. The molecule has 0 bridgehead atoms. The van der Waals surface area contributed by atoms with E-state index in [1.807, 2.05) is 19.2 Å². The van der Waals surface area contributed by atoms with Gasteiger partial charge in [-0.25, -0.2) is 0 Å². The van der Waals surface area contributed by atoms with Gasteiger partial charge in [0.2, 0.25) is 0 Å². The molecule has 1 heterocycles. The zero-order valence-electron chi connectivity index (χ0n) is 8.43. The molecule has 0 spiro atoms. The standard InChI is InChI=1S/C10H15NO2S/c1-3-13-9-4-8(5-11-6-9)10(12)7-14-2/h4-6,10,12H,3,7H2,1-2H3. The number of aromatic nitrogens is 1. The molecule has 0 aliphatic carbocycles. The van der Waals surface area contributed by atoms with Gasteiger partial charge >= 0.3 is 0 Å². The van der Waals surface area contributed by atoms with Crippen LogP contribution in [0.5, 0.6) is 5.75 Å². The van der Waals surface area contributed by atoms with Gasteiger partial charge in [0.15, 0.2) is 0 Å². The fraction of sp³-hybridized carbons (Fsp3) is 0.500. The van der Waals surface area contributed by atoms with Crippen molar-refractivity contribution in [2.75, 3.05) is 18.6 Å². The molecule has 1 atom stereocenters. The van der Waals surface area contributed by atoms with E-state index < -0.39 is 6.10 Å². The number of rotatable bonds is 5. The predicted octanol–water partition coefficient (Wildman–Crippen LogP) is 1.88. The van der Waals surface area contributed by atoms with Crippen LogP contribution in [0.25, 0.3) is 0 Å². The van der Waals surface area contributed by atoms with Gasteiger partial charge in [-0.15, -0.1) is 0 Å². The summed E-state index contributed by atoms with van der Waals surface area (Å²) in [6.07, 6.45) is 4.82. The molecule has 0 radical (unpaired) electrons. The van der Waals surface area contributed by atoms with E-state index in [0.29, 0.717) is 18.1 Å². The van der Waals surface area contributed by atoms with E-state index in [2.05, 4.69) is 4.98 Å². The van der Waals surface area contributed by atoms with Gasteiger partial charge in [0.25, 0.3) is 0 Å². The molecular formula is C10H15NO2S. The number of ether oxygens (including phenoxy) is 1. The first-order valence-electron chi connectivity index (χ1n) is 4.52. The van der Waals surface area contributed by atoms with E-state index in [4.69, 9.17) is 4.74 Å². The zero-order valence-corrected chi connectivity index (χ0v) is 9.25. The van der Waals surface area contributed by atoms with Gasteiger partial charge in [-0.05, 0) is 19.2 Å². The summed E-state index contributed by atoms with van der Waals surface area (Å²) < 4.78 is 5.29. The largest absolute Gasteiger partial charge is 0.492 e. The minimum absolute atomic E-state index is 0.460. The third kappa shape index (κ3) is 3.20. The van der Waals surface area contributed by atoms with Crippen LogP contribution in [0.2, 0.25) is 0 Å². The SMILES string of the molecule is CCOc1cncc(C(O)CSC)c1. The van der Waals surface area contributed by atoms with Crippen LogP contribution in [-0.4, -0.2) is 28.7 Å². The molecule has 4 heteroatoms. The lowest BCUT2D eigenvalue weighted by Gasteiger charge is -2.10. The van der Waals surface area contributed by atoms with Crippen molar-refractivity contribution < 1.29 is 9.84 Å². The molecule has 1 aromatic heterocycles. The van der Waals surface area contributed by atoms with Gasteiger partial charge in [0.05, 0.1) is 18.9 Å². The topological polar surface area (TPSA) is 42.4 Å². The van der Waals surface area contributed by atoms with Crippen LogP contribution in [0.1, 0.15) is 18.6 Å². The van der Waals surface area contributed by atoms with Crippen molar-refractivity contribution in [3.63, 3.8) is 0 Å². The number of hydrogen-bond donors (Lipinski definition) is 1. The Balaban J connectivity index is 2.71. The molecule has 1 rings (SSSR count). The minimum Gasteiger partial charge on any atom is -0.492 e. The van der Waals surface area contributed by atoms with Gasteiger partial charge in [0.1, 0.15) is 5.75 Å². The zero-order chi connectivity index (χ0) is 10.4. The van der Waals surface area contributed by atoms with Crippen LogP contribution in [0.4, 0.5) is 0 Å². The van der Waals surface area contributed by atoms with Crippen molar-refractivity contribution in [1.82, 2.24) is 4.98 Å². The summed E-state index contributed by atoms with van der Waals surface area (Å²) in [7, 11) is 0. The number of hydrogen-bond acceptors (Lipinski definition) is 4. The Kier molecular flexibility index (Phi) is 4.76. The van der Waals surface area contributed by atoms with Crippen LogP contribution in [-0.2, 0) is 0 Å². The molecule has 0 saturated carbocycles. The number of thioether (sulfide) groups is 1. The lowest BCUT2D eigenvalue weighted by molar-refractivity contribution is 0.203. The summed E-state index contributed by atoms with van der Waals surface area (Å²) in [5, 5.41) is 9.70. The Labute approximate surface area is 88.5 Å². The monoisotopic (exact) mass is 213 g/mol. The van der Waals surface area contributed by atoms with Gasteiger partial charge in [-0.3, -0.25) is 4.98 Å². The normalized spacial score (nSPS) is 12.5. The summed E-state index contributed by atoms with van der Waals surface area (Å²) in [5.74, 6) is 1.39. The maximum atomic E-state index is 9.70. The Bertz CT molecular complexity index is 281. The summed E-state index contributed by atoms with van der Waals surface area (Å²) in [4.78, 5) is 4.01. The van der Waals surface area contributed by atoms with Crippen molar-refractivity contribution in [2.45, 2.75) is 13.0 Å². The first-order valence-corrected chi connectivity index (χ1v) is 5.92. The second-order valence-corrected chi connectivity index (χ2v) is 3.77. The van der Waals surface area contributed by atoms with Gasteiger partial charge in [0, 0.05) is 17.5 Å². The Hall–Kier alpha value is -0.740. The van der Waals surface area contributed by atoms with Crippen molar-refractivity contribution in [2.24, 2.45) is 0 Å². The first kappa shape index (κ1) is 11.3. The number of aliphatic hydroxyl groups is 1. The molecule has 0 aliphatic rings. The second kappa shape index (κ2) is 5.88. The van der Waals surface area contributed by atoms with Crippen LogP contribution in [0.15, 0.2) is 18.5 Å². The van der Waals surface area contributed by atoms with Crippen LogP contribution in [0, 0.1) is 0 Å². The number of aliphatic hydroxyl groups excluding tert-OH is 1. The molecule has 0 amide bonds. The highest BCUT2D eigenvalue weighted by molar-refractivity contribution is 7.98. The van der Waals surface area contributed by atoms with Crippen LogP contribution in [0.3, 0.4) is 0 Å². The van der Waals surface area contributed by atoms with E-state index in [9.17, 15) is 5.11 Å². The van der Waals surface area contributed by atoms with E-state index in [1.54, 1.807) is 24.2 Å². The second-order valence-electron chi connectivity index (χ2n) is 2.86. The lowest BCUT2D eigenvalue weighted by Crippen LogP contribution is -2.02. The molecule has 0 aromatic carbocycles. The quantitative estimate of drug-likeness (QED) is 0.811. The fourth-order valence-electron chi connectivity index (χ4n) is 1.12. The molecule has 1 unspecified atom stereocenters. The highest BCUT2D eigenvalue weighted by Gasteiger charge is 2.07. The third-order valence-corrected chi connectivity index (χ3v) is 2.40. The van der Waals surface area contributed by atoms with Crippen molar-refractivity contribution in [3.05, 3.63) is 24.0 Å². The minimum atomic E-state index is -0.460. The Morgan fingerprint density at radius 2 is 2.36 bits per heavy atom. The molecule has 3 nitrogen and oxygen atoms in total. The van der Waals surface area contributed by atoms with Crippen molar-refractivity contribution in [1.29, 1.82) is 0 Å². The molecule has 0 saturated heterocycles. The van der Waals surface area contributed by atoms with E-state index in [0.717, 1.165) is 5.56 Å². The highest BCUT2D eigenvalue weighted by atomic mass is 32.2. The Morgan fingerprint density at radius 1 is 1.57 bits per heavy atom. The van der Waals surface area contributed by atoms with E-state index in [-0.39, 0.29) is 0 Å². The molecular weight excluding hydrogens is 198 g/mol. The van der Waals surface area contributed by atoms with E-state index in [1.165, 1.54) is 0 Å². The molecule has 0 fully saturated rings. The van der Waals surface area contributed by atoms with Crippen LogP contribution < -0.4 is 4.74 Å². The van der Waals surface area contributed by atoms with Crippen LogP contribution >= 0.6 is 11.8 Å². The van der Waals surface area contributed by atoms with Gasteiger partial charge < -0.3 is 9.84 Å². The highest BCUT2D eigenvalue weighted by Crippen LogP contribution is 2.20. The molecule has 1 aromatic rings. The molecule has 0 aliphatic heterocycles.